The van der Waals surface area contributed by atoms with Crippen LogP contribution in [0.4, 0.5) is 0 Å². The van der Waals surface area contributed by atoms with E-state index in [4.69, 9.17) is 4.74 Å². The Kier molecular flexibility index (Phi) is 6.08. The summed E-state index contributed by atoms with van der Waals surface area (Å²) in [7, 11) is -2.35. The molecular formula is C19H29N3O4S. The molecule has 7 nitrogen and oxygen atoms in total. The summed E-state index contributed by atoms with van der Waals surface area (Å²) in [4.78, 5) is 15.1. The van der Waals surface area contributed by atoms with Gasteiger partial charge in [-0.2, -0.15) is 0 Å². The minimum atomic E-state index is -3.76. The molecule has 8 heteroatoms. The second kappa shape index (κ2) is 8.16. The van der Waals surface area contributed by atoms with Gasteiger partial charge in [0.05, 0.1) is 7.11 Å². The van der Waals surface area contributed by atoms with Crippen molar-refractivity contribution in [2.45, 2.75) is 62.6 Å². The van der Waals surface area contributed by atoms with E-state index in [0.29, 0.717) is 5.56 Å². The van der Waals surface area contributed by atoms with Crippen molar-refractivity contribution >= 4 is 15.9 Å². The molecule has 1 heterocycles. The Labute approximate surface area is 161 Å². The number of methoxy groups -OCH3 is 1. The van der Waals surface area contributed by atoms with Gasteiger partial charge < -0.3 is 15.0 Å². The fourth-order valence-corrected chi connectivity index (χ4v) is 4.97. The van der Waals surface area contributed by atoms with Gasteiger partial charge in [-0.1, -0.05) is 0 Å². The standard InChI is InChI=1S/C19H29N3O4S/c1-13(2)21-27(24,25)18-12-14(4-7-17(18)26-3)19(23)20-15-8-10-22(11-9-15)16-5-6-16/h4,7,12-13,15-16,21H,5-6,8-11H2,1-3H3,(H,20,23). The molecule has 1 aromatic rings. The van der Waals surface area contributed by atoms with E-state index in [1.54, 1.807) is 19.9 Å². The molecule has 2 N–H and O–H groups in total. The molecule has 3 rings (SSSR count). The summed E-state index contributed by atoms with van der Waals surface area (Å²) < 4.78 is 32.8. The summed E-state index contributed by atoms with van der Waals surface area (Å²) in [6, 6.07) is 5.14. The third-order valence-corrected chi connectivity index (χ3v) is 6.71. The molecule has 1 saturated carbocycles. The predicted octanol–water partition coefficient (Wildman–Crippen LogP) is 1.74. The third-order valence-electron chi connectivity index (χ3n) is 5.03. The molecule has 0 aromatic heterocycles. The van der Waals surface area contributed by atoms with Gasteiger partial charge in [0, 0.05) is 36.8 Å². The van der Waals surface area contributed by atoms with Gasteiger partial charge in [0.1, 0.15) is 10.6 Å². The van der Waals surface area contributed by atoms with Crippen LogP contribution in [0.2, 0.25) is 0 Å². The quantitative estimate of drug-likeness (QED) is 0.734. The maximum absolute atomic E-state index is 12.7. The number of carbonyl (C=O) groups excluding carboxylic acids is 1. The Hall–Kier alpha value is -1.64. The number of hydrogen-bond donors (Lipinski definition) is 2. The molecule has 2 fully saturated rings. The molecule has 0 spiro atoms. The lowest BCUT2D eigenvalue weighted by Gasteiger charge is -2.32. The molecule has 2 aliphatic rings. The Morgan fingerprint density at radius 3 is 2.41 bits per heavy atom. The maximum Gasteiger partial charge on any atom is 0.251 e. The van der Waals surface area contributed by atoms with Gasteiger partial charge >= 0.3 is 0 Å². The van der Waals surface area contributed by atoms with E-state index in [9.17, 15) is 13.2 Å². The first-order valence-electron chi connectivity index (χ1n) is 9.55. The van der Waals surface area contributed by atoms with E-state index in [2.05, 4.69) is 14.9 Å². The number of hydrogen-bond acceptors (Lipinski definition) is 5. The number of carbonyl (C=O) groups is 1. The molecular weight excluding hydrogens is 366 g/mol. The van der Waals surface area contributed by atoms with Crippen molar-refractivity contribution in [1.29, 1.82) is 0 Å². The zero-order valence-corrected chi connectivity index (χ0v) is 17.0. The molecule has 1 aromatic carbocycles. The van der Waals surface area contributed by atoms with Crippen LogP contribution in [0.15, 0.2) is 23.1 Å². The lowest BCUT2D eigenvalue weighted by atomic mass is 10.0. The smallest absolute Gasteiger partial charge is 0.251 e. The summed E-state index contributed by atoms with van der Waals surface area (Å²) in [6.45, 7) is 5.51. The lowest BCUT2D eigenvalue weighted by Crippen LogP contribution is -2.45. The predicted molar refractivity (Wildman–Crippen MR) is 104 cm³/mol. The number of ether oxygens (including phenoxy) is 1. The Morgan fingerprint density at radius 1 is 1.19 bits per heavy atom. The average molecular weight is 396 g/mol. The second-order valence-corrected chi connectivity index (χ2v) is 9.34. The fourth-order valence-electron chi connectivity index (χ4n) is 3.52. The minimum absolute atomic E-state index is 0.0186. The SMILES string of the molecule is COc1ccc(C(=O)NC2CCN(C3CC3)CC2)cc1S(=O)(=O)NC(C)C. The highest BCUT2D eigenvalue weighted by Crippen LogP contribution is 2.29. The average Bonchev–Trinajstić information content (AvgIpc) is 3.46. The van der Waals surface area contributed by atoms with E-state index in [1.165, 1.54) is 32.1 Å². The van der Waals surface area contributed by atoms with Crippen molar-refractivity contribution in [3.63, 3.8) is 0 Å². The van der Waals surface area contributed by atoms with E-state index < -0.39 is 10.0 Å². The van der Waals surface area contributed by atoms with Crippen LogP contribution in [0.5, 0.6) is 5.75 Å². The molecule has 150 valence electrons. The van der Waals surface area contributed by atoms with Crippen molar-refractivity contribution in [2.24, 2.45) is 0 Å². The van der Waals surface area contributed by atoms with Crippen molar-refractivity contribution in [1.82, 2.24) is 14.9 Å². The first-order valence-corrected chi connectivity index (χ1v) is 11.0. The van der Waals surface area contributed by atoms with Crippen LogP contribution in [0.3, 0.4) is 0 Å². The number of benzene rings is 1. The number of nitrogens with zero attached hydrogens (tertiary/aromatic N) is 1. The molecule has 0 unspecified atom stereocenters. The maximum atomic E-state index is 12.7. The van der Waals surface area contributed by atoms with Crippen molar-refractivity contribution in [3.05, 3.63) is 23.8 Å². The monoisotopic (exact) mass is 395 g/mol. The zero-order chi connectivity index (χ0) is 19.6. The van der Waals surface area contributed by atoms with Gasteiger partial charge in [-0.05, 0) is 57.7 Å². The van der Waals surface area contributed by atoms with Crippen molar-refractivity contribution < 1.29 is 17.9 Å². The van der Waals surface area contributed by atoms with Gasteiger partial charge in [-0.25, -0.2) is 13.1 Å². The summed E-state index contributed by atoms with van der Waals surface area (Å²) >= 11 is 0. The molecule has 1 amide bonds. The van der Waals surface area contributed by atoms with Gasteiger partial charge in [-0.15, -0.1) is 0 Å². The zero-order valence-electron chi connectivity index (χ0n) is 16.2. The lowest BCUT2D eigenvalue weighted by molar-refractivity contribution is 0.0909. The Balaban J connectivity index is 1.70. The summed E-state index contributed by atoms with van der Waals surface area (Å²) in [5.41, 5.74) is 0.324. The normalized spacial score (nSPS) is 19.3. The largest absolute Gasteiger partial charge is 0.495 e. The van der Waals surface area contributed by atoms with Gasteiger partial charge in [0.2, 0.25) is 10.0 Å². The second-order valence-electron chi connectivity index (χ2n) is 7.66. The van der Waals surface area contributed by atoms with Crippen LogP contribution >= 0.6 is 0 Å². The molecule has 1 aliphatic carbocycles. The number of nitrogens with one attached hydrogen (secondary N) is 2. The first kappa shape index (κ1) is 20.1. The van der Waals surface area contributed by atoms with Crippen LogP contribution in [0.1, 0.15) is 49.9 Å². The van der Waals surface area contributed by atoms with E-state index in [-0.39, 0.29) is 28.6 Å². The number of rotatable bonds is 7. The number of piperidine rings is 1. The minimum Gasteiger partial charge on any atom is -0.495 e. The van der Waals surface area contributed by atoms with Crippen molar-refractivity contribution in [3.8, 4) is 5.75 Å². The van der Waals surface area contributed by atoms with Crippen molar-refractivity contribution in [2.75, 3.05) is 20.2 Å². The molecule has 27 heavy (non-hydrogen) atoms. The van der Waals surface area contributed by atoms with Crippen LogP contribution in [-0.4, -0.2) is 57.5 Å². The topological polar surface area (TPSA) is 87.7 Å². The third kappa shape index (κ3) is 5.00. The number of amides is 1. The highest BCUT2D eigenvalue weighted by molar-refractivity contribution is 7.89. The van der Waals surface area contributed by atoms with Crippen LogP contribution in [0.25, 0.3) is 0 Å². The molecule has 0 radical (unpaired) electrons. The molecule has 1 aliphatic heterocycles. The summed E-state index contributed by atoms with van der Waals surface area (Å²) in [5, 5.41) is 3.05. The summed E-state index contributed by atoms with van der Waals surface area (Å²) in [5.74, 6) is -0.0269. The highest BCUT2D eigenvalue weighted by atomic mass is 32.2. The van der Waals surface area contributed by atoms with Crippen LogP contribution < -0.4 is 14.8 Å². The molecule has 1 saturated heterocycles. The van der Waals surface area contributed by atoms with Crippen LogP contribution in [-0.2, 0) is 10.0 Å². The Morgan fingerprint density at radius 2 is 1.85 bits per heavy atom. The fraction of sp³-hybridized carbons (Fsp3) is 0.632. The number of sulfonamides is 1. The van der Waals surface area contributed by atoms with E-state index in [1.807, 2.05) is 0 Å². The highest BCUT2D eigenvalue weighted by Gasteiger charge is 2.32. The van der Waals surface area contributed by atoms with Gasteiger partial charge in [0.25, 0.3) is 5.91 Å². The van der Waals surface area contributed by atoms with Gasteiger partial charge in [0.15, 0.2) is 0 Å². The Bertz CT molecular complexity index is 782. The first-order chi connectivity index (χ1) is 12.8. The van der Waals surface area contributed by atoms with E-state index >= 15 is 0 Å². The molecule has 0 atom stereocenters. The molecule has 0 bridgehead atoms. The van der Waals surface area contributed by atoms with Gasteiger partial charge in [-0.3, -0.25) is 4.79 Å². The summed E-state index contributed by atoms with van der Waals surface area (Å²) in [6.07, 6.45) is 4.45. The van der Waals surface area contributed by atoms with Crippen LogP contribution in [0, 0.1) is 0 Å². The number of likely N-dealkylation sites (tertiary alicyclic amines) is 1. The van der Waals surface area contributed by atoms with E-state index in [0.717, 1.165) is 32.0 Å².